The Labute approximate surface area is 98.5 Å². The minimum atomic E-state index is -1.08. The highest BCUT2D eigenvalue weighted by Crippen LogP contribution is 2.15. The molecule has 0 heterocycles. The molecule has 0 radical (unpaired) electrons. The van der Waals surface area contributed by atoms with Gasteiger partial charge < -0.3 is 10.2 Å². The van der Waals surface area contributed by atoms with Crippen LogP contribution in [-0.4, -0.2) is 22.2 Å². The lowest BCUT2D eigenvalue weighted by Crippen LogP contribution is -2.02. The zero-order valence-corrected chi connectivity index (χ0v) is 9.14. The van der Waals surface area contributed by atoms with E-state index in [1.54, 1.807) is 24.3 Å². The number of carboxylic acid groups (broad SMARTS) is 2. The summed E-state index contributed by atoms with van der Waals surface area (Å²) in [5, 5.41) is 17.4. The van der Waals surface area contributed by atoms with E-state index in [0.29, 0.717) is 5.56 Å². The number of rotatable bonds is 5. The molecule has 0 saturated carbocycles. The van der Waals surface area contributed by atoms with Crippen molar-refractivity contribution < 1.29 is 19.8 Å². The molecule has 17 heavy (non-hydrogen) atoms. The van der Waals surface area contributed by atoms with E-state index in [9.17, 15) is 9.59 Å². The van der Waals surface area contributed by atoms with E-state index in [4.69, 9.17) is 10.2 Å². The highest BCUT2D eigenvalue weighted by molar-refractivity contribution is 6.14. The molecule has 0 unspecified atom stereocenters. The summed E-state index contributed by atoms with van der Waals surface area (Å²) in [5.74, 6) is -2.11. The second-order valence-electron chi connectivity index (χ2n) is 3.57. The molecule has 0 aliphatic rings. The van der Waals surface area contributed by atoms with E-state index in [0.717, 1.165) is 5.56 Å². The average Bonchev–Trinajstić information content (AvgIpc) is 2.28. The van der Waals surface area contributed by atoms with E-state index in [-0.39, 0.29) is 17.6 Å². The van der Waals surface area contributed by atoms with Crippen LogP contribution in [0.3, 0.4) is 0 Å². The Morgan fingerprint density at radius 1 is 1.00 bits per heavy atom. The van der Waals surface area contributed by atoms with Gasteiger partial charge in [0.15, 0.2) is 0 Å². The van der Waals surface area contributed by atoms with Crippen LogP contribution in [0, 0.1) is 0 Å². The molecule has 1 aromatic carbocycles. The first-order valence-electron chi connectivity index (χ1n) is 4.84. The maximum Gasteiger partial charge on any atom is 0.335 e. The first-order valence-corrected chi connectivity index (χ1v) is 4.84. The van der Waals surface area contributed by atoms with Crippen molar-refractivity contribution in [3.05, 3.63) is 54.1 Å². The first kappa shape index (κ1) is 12.7. The molecule has 1 rings (SSSR count). The summed E-state index contributed by atoms with van der Waals surface area (Å²) in [4.78, 5) is 21.2. The number of aliphatic carboxylic acids is 2. The fourth-order valence-electron chi connectivity index (χ4n) is 1.27. The lowest BCUT2D eigenvalue weighted by atomic mass is 10.0. The van der Waals surface area contributed by atoms with E-state index >= 15 is 0 Å². The van der Waals surface area contributed by atoms with Gasteiger partial charge in [0.25, 0.3) is 0 Å². The molecule has 0 bridgehead atoms. The van der Waals surface area contributed by atoms with Crippen LogP contribution in [0.2, 0.25) is 0 Å². The van der Waals surface area contributed by atoms with Gasteiger partial charge in [-0.2, -0.15) is 0 Å². The van der Waals surface area contributed by atoms with Gasteiger partial charge in [0.1, 0.15) is 0 Å². The van der Waals surface area contributed by atoms with Crippen molar-refractivity contribution in [3.8, 4) is 0 Å². The lowest BCUT2D eigenvalue weighted by Gasteiger charge is -2.04. The van der Waals surface area contributed by atoms with Gasteiger partial charge in [-0.25, -0.2) is 9.59 Å². The Bertz CT molecular complexity index is 483. The van der Waals surface area contributed by atoms with Crippen LogP contribution in [0.5, 0.6) is 0 Å². The molecular formula is C13H12O4. The molecule has 0 aromatic heterocycles. The van der Waals surface area contributed by atoms with Crippen LogP contribution in [0.15, 0.2) is 43.0 Å². The van der Waals surface area contributed by atoms with Crippen molar-refractivity contribution in [1.29, 1.82) is 0 Å². The molecule has 88 valence electrons. The molecule has 0 amide bonds. The van der Waals surface area contributed by atoms with Gasteiger partial charge in [-0.3, -0.25) is 0 Å². The lowest BCUT2D eigenvalue weighted by molar-refractivity contribution is -0.133. The standard InChI is InChI=1S/C13H12O4/c1-8(12(14)15)7-10-3-5-11(6-4-10)9(2)13(16)17/h3-6H,1-2,7H2,(H,14,15)(H,16,17). The van der Waals surface area contributed by atoms with Crippen molar-refractivity contribution in [3.63, 3.8) is 0 Å². The molecule has 0 atom stereocenters. The quantitative estimate of drug-likeness (QED) is 0.761. The van der Waals surface area contributed by atoms with Crippen molar-refractivity contribution in [2.75, 3.05) is 0 Å². The van der Waals surface area contributed by atoms with Crippen LogP contribution in [0.25, 0.3) is 5.57 Å². The van der Waals surface area contributed by atoms with Gasteiger partial charge in [-0.15, -0.1) is 0 Å². The molecule has 4 nitrogen and oxygen atoms in total. The zero-order chi connectivity index (χ0) is 13.0. The number of carboxylic acids is 2. The summed E-state index contributed by atoms with van der Waals surface area (Å²) < 4.78 is 0. The molecule has 0 spiro atoms. The molecule has 0 aliphatic carbocycles. The molecular weight excluding hydrogens is 220 g/mol. The number of benzene rings is 1. The second-order valence-corrected chi connectivity index (χ2v) is 3.57. The summed E-state index contributed by atoms with van der Waals surface area (Å²) >= 11 is 0. The van der Waals surface area contributed by atoms with E-state index in [1.807, 2.05) is 0 Å². The maximum absolute atomic E-state index is 10.7. The zero-order valence-electron chi connectivity index (χ0n) is 9.14. The fraction of sp³-hybridized carbons (Fsp3) is 0.0769. The summed E-state index contributed by atoms with van der Waals surface area (Å²) in [6, 6.07) is 6.52. The van der Waals surface area contributed by atoms with E-state index in [1.165, 1.54) is 0 Å². The average molecular weight is 232 g/mol. The highest BCUT2D eigenvalue weighted by Gasteiger charge is 2.08. The number of carbonyl (C=O) groups is 2. The molecule has 0 saturated heterocycles. The minimum Gasteiger partial charge on any atom is -0.478 e. The Balaban J connectivity index is 2.82. The third-order valence-electron chi connectivity index (χ3n) is 2.28. The van der Waals surface area contributed by atoms with Crippen LogP contribution in [-0.2, 0) is 16.0 Å². The number of hydrogen-bond donors (Lipinski definition) is 2. The van der Waals surface area contributed by atoms with Crippen LogP contribution in [0.4, 0.5) is 0 Å². The summed E-state index contributed by atoms with van der Waals surface area (Å²) in [6.07, 6.45) is 0.231. The monoisotopic (exact) mass is 232 g/mol. The fourth-order valence-corrected chi connectivity index (χ4v) is 1.27. The second kappa shape index (κ2) is 5.12. The summed E-state index contributed by atoms with van der Waals surface area (Å²) in [7, 11) is 0. The largest absolute Gasteiger partial charge is 0.478 e. The van der Waals surface area contributed by atoms with Gasteiger partial charge in [-0.05, 0) is 11.1 Å². The van der Waals surface area contributed by atoms with Crippen LogP contribution >= 0.6 is 0 Å². The SMILES string of the molecule is C=C(Cc1ccc(C(=C)C(=O)O)cc1)C(=O)O. The van der Waals surface area contributed by atoms with Crippen molar-refractivity contribution >= 4 is 17.5 Å². The van der Waals surface area contributed by atoms with Gasteiger partial charge >= 0.3 is 11.9 Å². The third kappa shape index (κ3) is 3.31. The molecule has 0 aliphatic heterocycles. The Hall–Kier alpha value is -2.36. The topological polar surface area (TPSA) is 74.6 Å². The summed E-state index contributed by atoms with van der Waals surface area (Å²) in [5.41, 5.74) is 1.37. The van der Waals surface area contributed by atoms with Crippen LogP contribution in [0.1, 0.15) is 11.1 Å². The minimum absolute atomic E-state index is 0.00797. The van der Waals surface area contributed by atoms with E-state index in [2.05, 4.69) is 13.2 Å². The maximum atomic E-state index is 10.7. The van der Waals surface area contributed by atoms with Crippen molar-refractivity contribution in [2.24, 2.45) is 0 Å². The third-order valence-corrected chi connectivity index (χ3v) is 2.28. The Morgan fingerprint density at radius 3 is 1.94 bits per heavy atom. The Morgan fingerprint density at radius 2 is 1.53 bits per heavy atom. The smallest absolute Gasteiger partial charge is 0.335 e. The molecule has 4 heteroatoms. The van der Waals surface area contributed by atoms with Crippen LogP contribution < -0.4 is 0 Å². The molecule has 1 aromatic rings. The highest BCUT2D eigenvalue weighted by atomic mass is 16.4. The predicted octanol–water partition coefficient (Wildman–Crippen LogP) is 1.97. The number of hydrogen-bond acceptors (Lipinski definition) is 2. The molecule has 0 fully saturated rings. The predicted molar refractivity (Wildman–Crippen MR) is 63.6 cm³/mol. The van der Waals surface area contributed by atoms with Gasteiger partial charge in [0.05, 0.1) is 5.57 Å². The van der Waals surface area contributed by atoms with Gasteiger partial charge in [-0.1, -0.05) is 37.4 Å². The first-order chi connectivity index (χ1) is 7.91. The van der Waals surface area contributed by atoms with Crippen molar-refractivity contribution in [1.82, 2.24) is 0 Å². The summed E-state index contributed by atoms with van der Waals surface area (Å²) in [6.45, 7) is 6.86. The van der Waals surface area contributed by atoms with Gasteiger partial charge in [0, 0.05) is 12.0 Å². The Kier molecular flexibility index (Phi) is 3.82. The normalized spacial score (nSPS) is 9.65. The van der Waals surface area contributed by atoms with Crippen molar-refractivity contribution in [2.45, 2.75) is 6.42 Å². The molecule has 2 N–H and O–H groups in total. The van der Waals surface area contributed by atoms with E-state index < -0.39 is 11.9 Å². The van der Waals surface area contributed by atoms with Gasteiger partial charge in [0.2, 0.25) is 0 Å².